The van der Waals surface area contributed by atoms with Crippen LogP contribution >= 0.6 is 0 Å². The van der Waals surface area contributed by atoms with Gasteiger partial charge in [0.05, 0.1) is 12.2 Å². The Morgan fingerprint density at radius 3 is 2.79 bits per heavy atom. The number of carboxylic acids is 1. The van der Waals surface area contributed by atoms with E-state index in [1.807, 2.05) is 6.92 Å². The Morgan fingerprint density at radius 1 is 1.42 bits per heavy atom. The van der Waals surface area contributed by atoms with E-state index in [0.29, 0.717) is 18.1 Å². The number of rotatable bonds is 4. The Hall–Kier alpha value is -1.88. The molecule has 5 nitrogen and oxygen atoms in total. The maximum atomic E-state index is 12.0. The number of hydrogen-bond acceptors (Lipinski definition) is 3. The standard InChI is InChI=1S/C14H17NO4/c1-9(12-5-6-19-8-12)15-13(16)10-3-2-4-11(7-10)14(17)18/h2-4,7,9,12H,5-6,8H2,1H3,(H,15,16)(H,17,18)/t9-,12-/m1/s1. The molecule has 0 unspecified atom stereocenters. The summed E-state index contributed by atoms with van der Waals surface area (Å²) in [5.41, 5.74) is 0.482. The van der Waals surface area contributed by atoms with E-state index in [-0.39, 0.29) is 17.5 Å². The highest BCUT2D eigenvalue weighted by Crippen LogP contribution is 2.17. The van der Waals surface area contributed by atoms with Gasteiger partial charge in [0.25, 0.3) is 5.91 Å². The van der Waals surface area contributed by atoms with Crippen molar-refractivity contribution in [2.75, 3.05) is 13.2 Å². The van der Waals surface area contributed by atoms with Crippen LogP contribution < -0.4 is 5.32 Å². The van der Waals surface area contributed by atoms with Gasteiger partial charge >= 0.3 is 5.97 Å². The lowest BCUT2D eigenvalue weighted by atomic mass is 10.00. The van der Waals surface area contributed by atoms with Crippen LogP contribution in [0.25, 0.3) is 0 Å². The van der Waals surface area contributed by atoms with E-state index in [0.717, 1.165) is 13.0 Å². The van der Waals surface area contributed by atoms with E-state index in [4.69, 9.17) is 9.84 Å². The maximum Gasteiger partial charge on any atom is 0.335 e. The van der Waals surface area contributed by atoms with Gasteiger partial charge in [-0.25, -0.2) is 4.79 Å². The quantitative estimate of drug-likeness (QED) is 0.864. The highest BCUT2D eigenvalue weighted by atomic mass is 16.5. The average Bonchev–Trinajstić information content (AvgIpc) is 2.92. The van der Waals surface area contributed by atoms with Crippen LogP contribution in [0.4, 0.5) is 0 Å². The fourth-order valence-corrected chi connectivity index (χ4v) is 2.15. The van der Waals surface area contributed by atoms with E-state index in [9.17, 15) is 9.59 Å². The van der Waals surface area contributed by atoms with E-state index in [1.165, 1.54) is 12.1 Å². The third kappa shape index (κ3) is 3.32. The van der Waals surface area contributed by atoms with Crippen LogP contribution in [-0.2, 0) is 4.74 Å². The molecule has 5 heteroatoms. The zero-order valence-electron chi connectivity index (χ0n) is 10.8. The molecule has 2 N–H and O–H groups in total. The fourth-order valence-electron chi connectivity index (χ4n) is 2.15. The Balaban J connectivity index is 2.02. The van der Waals surface area contributed by atoms with Gasteiger partial charge in [-0.1, -0.05) is 6.07 Å². The molecule has 0 spiro atoms. The van der Waals surface area contributed by atoms with E-state index in [2.05, 4.69) is 5.32 Å². The number of carbonyl (C=O) groups is 2. The number of hydrogen-bond donors (Lipinski definition) is 2. The smallest absolute Gasteiger partial charge is 0.335 e. The first-order valence-electron chi connectivity index (χ1n) is 6.30. The SMILES string of the molecule is C[C@@H](NC(=O)c1cccc(C(=O)O)c1)[C@@H]1CCOC1. The van der Waals surface area contributed by atoms with Crippen LogP contribution in [0.15, 0.2) is 24.3 Å². The maximum absolute atomic E-state index is 12.0. The molecule has 0 radical (unpaired) electrons. The fraction of sp³-hybridized carbons (Fsp3) is 0.429. The van der Waals surface area contributed by atoms with Crippen LogP contribution in [0.5, 0.6) is 0 Å². The molecule has 1 saturated heterocycles. The van der Waals surface area contributed by atoms with Crippen LogP contribution in [0.2, 0.25) is 0 Å². The summed E-state index contributed by atoms with van der Waals surface area (Å²) in [6, 6.07) is 6.05. The molecule has 0 saturated carbocycles. The normalized spacial score (nSPS) is 19.9. The van der Waals surface area contributed by atoms with Crippen molar-refractivity contribution in [3.8, 4) is 0 Å². The number of benzene rings is 1. The summed E-state index contributed by atoms with van der Waals surface area (Å²) in [7, 11) is 0. The lowest BCUT2D eigenvalue weighted by Crippen LogP contribution is -2.38. The van der Waals surface area contributed by atoms with Crippen molar-refractivity contribution in [2.45, 2.75) is 19.4 Å². The van der Waals surface area contributed by atoms with Crippen molar-refractivity contribution < 1.29 is 19.4 Å². The number of aromatic carboxylic acids is 1. The third-order valence-electron chi connectivity index (χ3n) is 3.40. The van der Waals surface area contributed by atoms with Gasteiger partial charge in [0, 0.05) is 24.1 Å². The highest BCUT2D eigenvalue weighted by molar-refractivity contribution is 5.97. The molecule has 1 aromatic carbocycles. The summed E-state index contributed by atoms with van der Waals surface area (Å²) in [6.07, 6.45) is 0.941. The second-order valence-corrected chi connectivity index (χ2v) is 4.77. The van der Waals surface area contributed by atoms with E-state index >= 15 is 0 Å². The monoisotopic (exact) mass is 263 g/mol. The number of ether oxygens (including phenoxy) is 1. The highest BCUT2D eigenvalue weighted by Gasteiger charge is 2.24. The van der Waals surface area contributed by atoms with E-state index in [1.54, 1.807) is 12.1 Å². The van der Waals surface area contributed by atoms with Crippen molar-refractivity contribution in [3.63, 3.8) is 0 Å². The molecule has 0 aliphatic carbocycles. The lowest BCUT2D eigenvalue weighted by Gasteiger charge is -2.19. The van der Waals surface area contributed by atoms with Gasteiger partial charge in [0.1, 0.15) is 0 Å². The van der Waals surface area contributed by atoms with E-state index < -0.39 is 5.97 Å². The summed E-state index contributed by atoms with van der Waals surface area (Å²) >= 11 is 0. The molecule has 2 rings (SSSR count). The van der Waals surface area contributed by atoms with Gasteiger partial charge in [-0.3, -0.25) is 4.79 Å². The van der Waals surface area contributed by atoms with Gasteiger partial charge in [-0.2, -0.15) is 0 Å². The van der Waals surface area contributed by atoms with Gasteiger partial charge in [0.2, 0.25) is 0 Å². The zero-order chi connectivity index (χ0) is 13.8. The third-order valence-corrected chi connectivity index (χ3v) is 3.40. The molecule has 1 fully saturated rings. The first kappa shape index (κ1) is 13.5. The molecule has 1 aliphatic rings. The van der Waals surface area contributed by atoms with Crippen LogP contribution in [0, 0.1) is 5.92 Å². The predicted molar refractivity (Wildman–Crippen MR) is 69.3 cm³/mol. The van der Waals surface area contributed by atoms with Crippen molar-refractivity contribution in [3.05, 3.63) is 35.4 Å². The lowest BCUT2D eigenvalue weighted by molar-refractivity contribution is 0.0697. The molecule has 0 bridgehead atoms. The summed E-state index contributed by atoms with van der Waals surface area (Å²) in [6.45, 7) is 3.34. The molecule has 19 heavy (non-hydrogen) atoms. The summed E-state index contributed by atoms with van der Waals surface area (Å²) in [5.74, 6) is -0.957. The number of carboxylic acid groups (broad SMARTS) is 1. The van der Waals surface area contributed by atoms with Gasteiger partial charge < -0.3 is 15.2 Å². The average molecular weight is 263 g/mol. The summed E-state index contributed by atoms with van der Waals surface area (Å²) in [5, 5.41) is 11.8. The molecule has 1 heterocycles. The largest absolute Gasteiger partial charge is 0.478 e. The first-order valence-corrected chi connectivity index (χ1v) is 6.30. The molecular weight excluding hydrogens is 246 g/mol. The Morgan fingerprint density at radius 2 is 2.16 bits per heavy atom. The predicted octanol–water partition coefficient (Wildman–Crippen LogP) is 1.54. The first-order chi connectivity index (χ1) is 9.08. The Kier molecular flexibility index (Phi) is 4.16. The van der Waals surface area contributed by atoms with Crippen molar-refractivity contribution >= 4 is 11.9 Å². The Bertz CT molecular complexity index is 480. The number of carbonyl (C=O) groups excluding carboxylic acids is 1. The molecule has 1 aliphatic heterocycles. The van der Waals surface area contributed by atoms with Crippen LogP contribution in [0.1, 0.15) is 34.1 Å². The second-order valence-electron chi connectivity index (χ2n) is 4.77. The zero-order valence-corrected chi connectivity index (χ0v) is 10.8. The van der Waals surface area contributed by atoms with Crippen LogP contribution in [-0.4, -0.2) is 36.2 Å². The second kappa shape index (κ2) is 5.84. The Labute approximate surface area is 111 Å². The summed E-state index contributed by atoms with van der Waals surface area (Å²) < 4.78 is 5.29. The van der Waals surface area contributed by atoms with Crippen molar-refractivity contribution in [1.82, 2.24) is 5.32 Å². The number of amides is 1. The van der Waals surface area contributed by atoms with Gasteiger partial charge in [-0.05, 0) is 31.5 Å². The molecule has 1 amide bonds. The number of nitrogens with one attached hydrogen (secondary N) is 1. The minimum Gasteiger partial charge on any atom is -0.478 e. The van der Waals surface area contributed by atoms with Crippen LogP contribution in [0.3, 0.4) is 0 Å². The van der Waals surface area contributed by atoms with Crippen molar-refractivity contribution in [2.24, 2.45) is 5.92 Å². The topological polar surface area (TPSA) is 75.6 Å². The minimum absolute atomic E-state index is 0.0171. The van der Waals surface area contributed by atoms with Gasteiger partial charge in [0.15, 0.2) is 0 Å². The van der Waals surface area contributed by atoms with Crippen molar-refractivity contribution in [1.29, 1.82) is 0 Å². The van der Waals surface area contributed by atoms with Gasteiger partial charge in [-0.15, -0.1) is 0 Å². The minimum atomic E-state index is -1.04. The molecule has 102 valence electrons. The molecule has 1 aromatic rings. The summed E-state index contributed by atoms with van der Waals surface area (Å²) in [4.78, 5) is 22.9. The molecule has 0 aromatic heterocycles. The molecule has 2 atom stereocenters. The molecular formula is C14H17NO4.